The molecule has 0 aliphatic rings. The Morgan fingerprint density at radius 3 is 0.839 bits per heavy atom. The SMILES string of the molecule is CCCCC/C=C\CCCCCCCC(=O)OCC(COC(=O)CCCCCCCCC/C=C\CCCCCCCC)OC(=O)CCCCCCCCCCCCCCCCC. The zero-order valence-corrected chi connectivity index (χ0v) is 41.7. The highest BCUT2D eigenvalue weighted by Gasteiger charge is 2.19. The van der Waals surface area contributed by atoms with Gasteiger partial charge in [0.15, 0.2) is 6.10 Å². The van der Waals surface area contributed by atoms with Crippen LogP contribution in [0.2, 0.25) is 0 Å². The van der Waals surface area contributed by atoms with Gasteiger partial charge in [0.05, 0.1) is 0 Å². The highest BCUT2D eigenvalue weighted by molar-refractivity contribution is 5.71. The van der Waals surface area contributed by atoms with Gasteiger partial charge in [0, 0.05) is 19.3 Å². The van der Waals surface area contributed by atoms with Crippen LogP contribution in [0.5, 0.6) is 0 Å². The molecule has 364 valence electrons. The first-order valence-electron chi connectivity index (χ1n) is 27.3. The van der Waals surface area contributed by atoms with Gasteiger partial charge in [0.2, 0.25) is 0 Å². The third kappa shape index (κ3) is 48.9. The zero-order valence-electron chi connectivity index (χ0n) is 41.7. The fraction of sp³-hybridized carbons (Fsp3) is 0.875. The molecule has 0 aromatic rings. The summed E-state index contributed by atoms with van der Waals surface area (Å²) in [5, 5.41) is 0. The number of ether oxygens (including phenoxy) is 3. The third-order valence-electron chi connectivity index (χ3n) is 12.2. The summed E-state index contributed by atoms with van der Waals surface area (Å²) >= 11 is 0. The molecule has 0 spiro atoms. The van der Waals surface area contributed by atoms with Crippen LogP contribution in [0.1, 0.15) is 297 Å². The Bertz CT molecular complexity index is 1000. The normalized spacial score (nSPS) is 12.1. The lowest BCUT2D eigenvalue weighted by Gasteiger charge is -2.18. The van der Waals surface area contributed by atoms with E-state index in [4.69, 9.17) is 14.2 Å². The molecule has 6 nitrogen and oxygen atoms in total. The van der Waals surface area contributed by atoms with Crippen LogP contribution >= 0.6 is 0 Å². The van der Waals surface area contributed by atoms with E-state index in [1.807, 2.05) is 0 Å². The summed E-state index contributed by atoms with van der Waals surface area (Å²) in [6.07, 6.45) is 58.7. The van der Waals surface area contributed by atoms with Crippen molar-refractivity contribution in [2.45, 2.75) is 303 Å². The predicted molar refractivity (Wildman–Crippen MR) is 266 cm³/mol. The number of unbranched alkanes of at least 4 members (excludes halogenated alkanes) is 35. The van der Waals surface area contributed by atoms with Crippen LogP contribution in [0.4, 0.5) is 0 Å². The van der Waals surface area contributed by atoms with Gasteiger partial charge in [-0.1, -0.05) is 231 Å². The summed E-state index contributed by atoms with van der Waals surface area (Å²) in [5.74, 6) is -0.869. The lowest BCUT2D eigenvalue weighted by Crippen LogP contribution is -2.30. The van der Waals surface area contributed by atoms with Gasteiger partial charge in [-0.3, -0.25) is 14.4 Å². The van der Waals surface area contributed by atoms with Crippen molar-refractivity contribution in [3.63, 3.8) is 0 Å². The van der Waals surface area contributed by atoms with Crippen LogP contribution in [0, 0.1) is 0 Å². The van der Waals surface area contributed by atoms with Gasteiger partial charge in [0.1, 0.15) is 13.2 Å². The topological polar surface area (TPSA) is 78.9 Å². The molecule has 0 aliphatic carbocycles. The monoisotopic (exact) mass is 873 g/mol. The van der Waals surface area contributed by atoms with Gasteiger partial charge in [-0.15, -0.1) is 0 Å². The van der Waals surface area contributed by atoms with E-state index in [-0.39, 0.29) is 31.1 Å². The number of hydrogen-bond acceptors (Lipinski definition) is 6. The molecule has 6 heteroatoms. The van der Waals surface area contributed by atoms with Crippen LogP contribution < -0.4 is 0 Å². The lowest BCUT2D eigenvalue weighted by molar-refractivity contribution is -0.167. The van der Waals surface area contributed by atoms with E-state index in [0.717, 1.165) is 64.2 Å². The van der Waals surface area contributed by atoms with Crippen molar-refractivity contribution in [3.8, 4) is 0 Å². The van der Waals surface area contributed by atoms with E-state index in [9.17, 15) is 14.4 Å². The van der Waals surface area contributed by atoms with Crippen LogP contribution in [-0.4, -0.2) is 37.2 Å². The van der Waals surface area contributed by atoms with E-state index in [0.29, 0.717) is 19.3 Å². The minimum Gasteiger partial charge on any atom is -0.462 e. The second-order valence-corrected chi connectivity index (χ2v) is 18.5. The Morgan fingerprint density at radius 2 is 0.532 bits per heavy atom. The van der Waals surface area contributed by atoms with E-state index in [1.54, 1.807) is 0 Å². The molecule has 1 atom stereocenters. The predicted octanol–water partition coefficient (Wildman–Crippen LogP) is 17.9. The van der Waals surface area contributed by atoms with Crippen LogP contribution in [-0.2, 0) is 28.6 Å². The minimum absolute atomic E-state index is 0.0723. The van der Waals surface area contributed by atoms with Gasteiger partial charge in [-0.2, -0.15) is 0 Å². The molecule has 0 bridgehead atoms. The third-order valence-corrected chi connectivity index (χ3v) is 12.2. The van der Waals surface area contributed by atoms with Gasteiger partial charge in [0.25, 0.3) is 0 Å². The molecule has 0 heterocycles. The van der Waals surface area contributed by atoms with Gasteiger partial charge >= 0.3 is 17.9 Å². The van der Waals surface area contributed by atoms with Crippen LogP contribution in [0.3, 0.4) is 0 Å². The summed E-state index contributed by atoms with van der Waals surface area (Å²) < 4.78 is 16.8. The average Bonchev–Trinajstić information content (AvgIpc) is 3.27. The Kier molecular flexibility index (Phi) is 49.8. The summed E-state index contributed by atoms with van der Waals surface area (Å²) in [5.41, 5.74) is 0. The number of carbonyl (C=O) groups is 3. The number of hydrogen-bond donors (Lipinski definition) is 0. The number of esters is 3. The van der Waals surface area contributed by atoms with Crippen molar-refractivity contribution in [2.75, 3.05) is 13.2 Å². The molecule has 0 radical (unpaired) electrons. The Morgan fingerprint density at radius 1 is 0.306 bits per heavy atom. The van der Waals surface area contributed by atoms with Gasteiger partial charge < -0.3 is 14.2 Å². The molecule has 0 fully saturated rings. The van der Waals surface area contributed by atoms with Crippen molar-refractivity contribution in [3.05, 3.63) is 24.3 Å². The molecule has 0 aromatic heterocycles. The quantitative estimate of drug-likeness (QED) is 0.0262. The van der Waals surface area contributed by atoms with Crippen molar-refractivity contribution in [1.29, 1.82) is 0 Å². The van der Waals surface area contributed by atoms with Crippen LogP contribution in [0.25, 0.3) is 0 Å². The zero-order chi connectivity index (χ0) is 45.1. The highest BCUT2D eigenvalue weighted by Crippen LogP contribution is 2.16. The Balaban J connectivity index is 4.33. The van der Waals surface area contributed by atoms with Crippen molar-refractivity contribution < 1.29 is 28.6 Å². The molecule has 0 saturated carbocycles. The molecule has 0 amide bonds. The molecule has 0 saturated heterocycles. The van der Waals surface area contributed by atoms with Gasteiger partial charge in [-0.25, -0.2) is 0 Å². The maximum atomic E-state index is 12.8. The summed E-state index contributed by atoms with van der Waals surface area (Å²) in [6, 6.07) is 0. The molecular weight excluding hydrogens is 769 g/mol. The smallest absolute Gasteiger partial charge is 0.306 e. The number of allylic oxidation sites excluding steroid dienone is 4. The minimum atomic E-state index is -0.771. The first-order chi connectivity index (χ1) is 30.5. The Hall–Kier alpha value is -2.11. The second-order valence-electron chi connectivity index (χ2n) is 18.5. The lowest BCUT2D eigenvalue weighted by atomic mass is 10.0. The van der Waals surface area contributed by atoms with Crippen molar-refractivity contribution in [1.82, 2.24) is 0 Å². The molecule has 0 aliphatic heterocycles. The number of carbonyl (C=O) groups excluding carboxylic acids is 3. The van der Waals surface area contributed by atoms with Gasteiger partial charge in [-0.05, 0) is 70.6 Å². The fourth-order valence-corrected chi connectivity index (χ4v) is 8.02. The highest BCUT2D eigenvalue weighted by atomic mass is 16.6. The largest absolute Gasteiger partial charge is 0.462 e. The first-order valence-corrected chi connectivity index (χ1v) is 27.3. The molecule has 1 unspecified atom stereocenters. The van der Waals surface area contributed by atoms with Crippen LogP contribution in [0.15, 0.2) is 24.3 Å². The summed E-state index contributed by atoms with van der Waals surface area (Å²) in [6.45, 7) is 6.64. The van der Waals surface area contributed by atoms with E-state index in [2.05, 4.69) is 45.1 Å². The maximum Gasteiger partial charge on any atom is 0.306 e. The standard InChI is InChI=1S/C56H104O6/c1-4-7-10-13-16-19-22-25-27-28-30-31-34-37-40-43-46-49-55(58)61-52-53(51-60-54(57)48-45-42-39-36-33-24-21-18-15-12-9-6-3)62-56(59)50-47-44-41-38-35-32-29-26-23-20-17-14-11-8-5-2/h18,21,25,27,53H,4-17,19-20,22-24,26,28-52H2,1-3H3/b21-18-,27-25-. The first kappa shape index (κ1) is 59.9. The second kappa shape index (κ2) is 51.5. The maximum absolute atomic E-state index is 12.8. The van der Waals surface area contributed by atoms with Crippen molar-refractivity contribution in [2.24, 2.45) is 0 Å². The van der Waals surface area contributed by atoms with E-state index in [1.165, 1.54) is 193 Å². The number of rotatable bonds is 50. The molecule has 0 rings (SSSR count). The van der Waals surface area contributed by atoms with E-state index >= 15 is 0 Å². The average molecular weight is 873 g/mol. The molecular formula is C56H104O6. The molecule has 0 N–H and O–H groups in total. The molecule has 0 aromatic carbocycles. The summed E-state index contributed by atoms with van der Waals surface area (Å²) in [4.78, 5) is 38.0. The van der Waals surface area contributed by atoms with Crippen molar-refractivity contribution >= 4 is 17.9 Å². The van der Waals surface area contributed by atoms with E-state index < -0.39 is 6.10 Å². The molecule has 62 heavy (non-hydrogen) atoms. The Labute approximate surface area is 385 Å². The summed E-state index contributed by atoms with van der Waals surface area (Å²) in [7, 11) is 0. The fourth-order valence-electron chi connectivity index (χ4n) is 8.02.